The number of carbonyl (C=O) groups excluding carboxylic acids is 14. The fourth-order valence-electron chi connectivity index (χ4n) is 13.0. The largest absolute Gasteiger partial charge is 0.481 e. The minimum atomic E-state index is -2.16. The number of rotatable bonds is 25. The molecule has 3 fully saturated rings. The van der Waals surface area contributed by atoms with Crippen molar-refractivity contribution >= 4 is 101 Å². The van der Waals surface area contributed by atoms with Crippen LogP contribution in [-0.4, -0.2) is 226 Å². The summed E-state index contributed by atoms with van der Waals surface area (Å²) in [5.41, 5.74) is 9.18. The van der Waals surface area contributed by atoms with Crippen LogP contribution in [0.3, 0.4) is 0 Å². The van der Waals surface area contributed by atoms with Gasteiger partial charge in [-0.3, -0.25) is 76.7 Å². The molecule has 106 heavy (non-hydrogen) atoms. The van der Waals surface area contributed by atoms with Crippen LogP contribution in [0, 0.1) is 11.8 Å². The smallest absolute Gasteiger partial charge is 0.407 e. The summed E-state index contributed by atoms with van der Waals surface area (Å²) in [6, 6.07) is -2.64. The highest BCUT2D eigenvalue weighted by Gasteiger charge is 2.45. The number of nitrogens with one attached hydrogen (secondary N) is 11. The number of allylic oxidation sites excluding steroid dienone is 1. The Hall–Kier alpha value is -11.0. The molecule has 3 aliphatic heterocycles. The second-order valence-electron chi connectivity index (χ2n) is 27.2. The number of ether oxygens (including phenoxy) is 1. The summed E-state index contributed by atoms with van der Waals surface area (Å²) in [6.07, 6.45) is 6.29. The van der Waals surface area contributed by atoms with E-state index in [0.29, 0.717) is 12.3 Å². The van der Waals surface area contributed by atoms with E-state index in [4.69, 9.17) is 10.5 Å². The van der Waals surface area contributed by atoms with E-state index in [9.17, 15) is 92.0 Å². The number of aliphatic carboxylic acids is 3. The van der Waals surface area contributed by atoms with E-state index in [-0.39, 0.29) is 58.2 Å². The number of fused-ring (bicyclic) bond motifs is 5. The molecule has 35 heteroatoms. The van der Waals surface area contributed by atoms with E-state index in [0.717, 1.165) is 77.5 Å². The quantitative estimate of drug-likeness (QED) is 0.0416. The van der Waals surface area contributed by atoms with Gasteiger partial charge in [-0.1, -0.05) is 107 Å². The van der Waals surface area contributed by atoms with Gasteiger partial charge in [-0.15, -0.1) is 0 Å². The Morgan fingerprint density at radius 2 is 1.16 bits per heavy atom. The number of hydrogen-bond donors (Lipinski definition) is 15. The molecule has 0 saturated carbocycles. The van der Waals surface area contributed by atoms with Crippen molar-refractivity contribution in [2.45, 2.75) is 204 Å². The summed E-state index contributed by atoms with van der Waals surface area (Å²) >= 11 is 0. The molecule has 578 valence electrons. The van der Waals surface area contributed by atoms with Gasteiger partial charge in [0.1, 0.15) is 54.9 Å². The van der Waals surface area contributed by atoms with Gasteiger partial charge in [0.05, 0.1) is 56.9 Å². The summed E-state index contributed by atoms with van der Waals surface area (Å²) in [5.74, 6) is -21.5. The van der Waals surface area contributed by atoms with Crippen LogP contribution >= 0.6 is 0 Å². The molecule has 3 saturated heterocycles. The molecular formula is C71H98N14O21. The number of carbonyl (C=O) groups is 17. The Morgan fingerprint density at radius 3 is 1.77 bits per heavy atom. The van der Waals surface area contributed by atoms with Gasteiger partial charge in [0.15, 0.2) is 0 Å². The lowest BCUT2D eigenvalue weighted by Crippen LogP contribution is -2.66. The standard InChI is InChI=1S/C71H98N14O21/c1-38(2)21-12-10-8-6-7-9-11-13-28-53(87)78-47(31-52(72)86)64(97)83-61-41(5)76-65(98)50-27-20-30-84(50)56(90)36-75-67(100)60(40(4)77-71(105)106-37-46-44-24-16-14-22-42(44)43-23-15-17-25-45(43)46)81-55(89)35-74-62(95)48(32-57(91)92)79-54(88)34-73-63(96)49(33-58(93)94)80-68(101)59(39(3)70(103)104)82-66(99)51-26-18-19-29-85(51)69(61)102/h11,13-17,22-25,38-41,46-51,59-61H,6-10,12,18-21,26-37H2,1-5H3,(H2,72,86)(H,73,96)(H,74,95)(H,75,100)(H,76,98)(H,77,105)(H,78,87)(H,79,88)(H,80,101)(H,81,89)(H,82,99)(H,83,97)(H,91,92)(H,93,94)(H,103,104)/b13-11-/t39?,40?,41-,47+,48?,49+,50+,51-,59+,60-,61?/m1/s1. The Morgan fingerprint density at radius 1 is 0.604 bits per heavy atom. The van der Waals surface area contributed by atoms with Crippen molar-refractivity contribution in [1.29, 1.82) is 0 Å². The third-order valence-electron chi connectivity index (χ3n) is 18.6. The molecule has 3 heterocycles. The van der Waals surface area contributed by atoms with Gasteiger partial charge < -0.3 is 94.1 Å². The second-order valence-corrected chi connectivity index (χ2v) is 27.2. The Labute approximate surface area is 611 Å². The first-order chi connectivity index (χ1) is 50.3. The third kappa shape index (κ3) is 25.1. The first-order valence-corrected chi connectivity index (χ1v) is 35.6. The zero-order valence-corrected chi connectivity index (χ0v) is 60.0. The van der Waals surface area contributed by atoms with E-state index >= 15 is 4.79 Å². The van der Waals surface area contributed by atoms with Gasteiger partial charge >= 0.3 is 24.0 Å². The minimum absolute atomic E-state index is 0.00901. The summed E-state index contributed by atoms with van der Waals surface area (Å²) in [4.78, 5) is 235. The molecule has 0 aromatic heterocycles. The maximum atomic E-state index is 15.3. The molecule has 0 radical (unpaired) electrons. The van der Waals surface area contributed by atoms with E-state index in [1.165, 1.54) is 13.8 Å². The molecule has 16 N–H and O–H groups in total. The average molecular weight is 1480 g/mol. The third-order valence-corrected chi connectivity index (χ3v) is 18.6. The summed E-state index contributed by atoms with van der Waals surface area (Å²) in [5, 5.41) is 55.2. The zero-order valence-electron chi connectivity index (χ0n) is 60.0. The number of amides is 14. The number of carboxylic acids is 3. The molecule has 0 bridgehead atoms. The number of piperidine rings is 1. The predicted octanol–water partition coefficient (Wildman–Crippen LogP) is -1.06. The molecule has 35 nitrogen and oxygen atoms in total. The van der Waals surface area contributed by atoms with Crippen molar-refractivity contribution < 1.29 is 102 Å². The van der Waals surface area contributed by atoms with Crippen LogP contribution in [0.25, 0.3) is 11.1 Å². The highest BCUT2D eigenvalue weighted by molar-refractivity contribution is 6.01. The SMILES string of the molecule is CC(C)CCCCCCC/C=C\CC(=O)N[C@@H](CC(N)=O)C(=O)NC1C(=O)N2CCCC[C@@H]2C(=O)N[C@@H](C(C)C(=O)O)C(=O)N[C@@H](CC(=O)O)C(=O)NCC(=O)NC(CC(=O)O)C(=O)NCC(=O)N[C@H](C(C)NC(=O)OCC2c3ccccc3-c3ccccc32)C(=O)NCC(=O)N2CCC[C@H]2C(=O)N[C@@H]1C. The fraction of sp³-hybridized carbons (Fsp3) is 0.563. The van der Waals surface area contributed by atoms with Gasteiger partial charge in [-0.05, 0) is 93.9 Å². The molecule has 2 aromatic rings. The maximum Gasteiger partial charge on any atom is 0.407 e. The summed E-state index contributed by atoms with van der Waals surface area (Å²) < 4.78 is 5.69. The van der Waals surface area contributed by atoms with Gasteiger partial charge in [0.2, 0.25) is 76.8 Å². The maximum absolute atomic E-state index is 15.3. The van der Waals surface area contributed by atoms with E-state index in [1.54, 1.807) is 12.2 Å². The Balaban J connectivity index is 1.31. The highest BCUT2D eigenvalue weighted by Crippen LogP contribution is 2.44. The lowest BCUT2D eigenvalue weighted by atomic mass is 9.96. The second kappa shape index (κ2) is 40.9. The topological polar surface area (TPSA) is 525 Å². The van der Waals surface area contributed by atoms with Crippen molar-refractivity contribution in [1.82, 2.24) is 68.3 Å². The van der Waals surface area contributed by atoms with Crippen LogP contribution in [0.1, 0.15) is 154 Å². The normalized spacial score (nSPS) is 23.0. The Kier molecular flexibility index (Phi) is 32.4. The van der Waals surface area contributed by atoms with Crippen LogP contribution < -0.4 is 64.2 Å². The van der Waals surface area contributed by atoms with Crippen LogP contribution in [-0.2, 0) is 81.4 Å². The van der Waals surface area contributed by atoms with Crippen molar-refractivity contribution in [3.63, 3.8) is 0 Å². The molecule has 4 aliphatic rings. The monoisotopic (exact) mass is 1480 g/mol. The average Bonchev–Trinajstić information content (AvgIpc) is 1.61. The summed E-state index contributed by atoms with van der Waals surface area (Å²) in [6.45, 7) is 4.32. The fourth-order valence-corrected chi connectivity index (χ4v) is 13.0. The predicted molar refractivity (Wildman–Crippen MR) is 376 cm³/mol. The van der Waals surface area contributed by atoms with Crippen molar-refractivity contribution in [3.8, 4) is 11.1 Å². The lowest BCUT2D eigenvalue weighted by molar-refractivity contribution is -0.149. The van der Waals surface area contributed by atoms with Crippen LogP contribution in [0.5, 0.6) is 0 Å². The van der Waals surface area contributed by atoms with Crippen molar-refractivity contribution in [2.75, 3.05) is 39.3 Å². The van der Waals surface area contributed by atoms with Gasteiger partial charge in [-0.25, -0.2) is 4.79 Å². The number of carboxylic acid groups (broad SMARTS) is 3. The van der Waals surface area contributed by atoms with Crippen LogP contribution in [0.4, 0.5) is 4.79 Å². The number of hydrogen-bond acceptors (Lipinski definition) is 18. The molecule has 6 rings (SSSR count). The number of nitrogens with two attached hydrogens (primary N) is 1. The number of unbranched alkanes of at least 4 members (excludes halogenated alkanes) is 5. The molecule has 1 aliphatic carbocycles. The number of benzene rings is 2. The molecule has 11 atom stereocenters. The first-order valence-electron chi connectivity index (χ1n) is 35.6. The summed E-state index contributed by atoms with van der Waals surface area (Å²) in [7, 11) is 0. The number of alkyl carbamates (subject to hydrolysis) is 1. The molecule has 14 amide bonds. The van der Waals surface area contributed by atoms with Gasteiger partial charge in [0.25, 0.3) is 0 Å². The minimum Gasteiger partial charge on any atom is -0.481 e. The zero-order chi connectivity index (χ0) is 77.9. The van der Waals surface area contributed by atoms with Crippen molar-refractivity contribution in [3.05, 3.63) is 71.8 Å². The van der Waals surface area contributed by atoms with Gasteiger partial charge in [0, 0.05) is 25.4 Å². The molecule has 0 spiro atoms. The molecular weight excluding hydrogens is 1380 g/mol. The van der Waals surface area contributed by atoms with Crippen LogP contribution in [0.2, 0.25) is 0 Å². The van der Waals surface area contributed by atoms with E-state index in [1.807, 2.05) is 53.8 Å². The number of primary amides is 1. The molecule has 2 aromatic carbocycles. The molecule has 4 unspecified atom stereocenters. The lowest BCUT2D eigenvalue weighted by Gasteiger charge is -2.39. The van der Waals surface area contributed by atoms with E-state index in [2.05, 4.69) is 67.0 Å². The number of nitrogens with zero attached hydrogens (tertiary/aromatic N) is 2. The Bertz CT molecular complexity index is 3580. The van der Waals surface area contributed by atoms with Crippen LogP contribution in [0.15, 0.2) is 60.7 Å². The van der Waals surface area contributed by atoms with E-state index < -0.39 is 212 Å². The highest BCUT2D eigenvalue weighted by atomic mass is 16.5. The van der Waals surface area contributed by atoms with Crippen molar-refractivity contribution in [2.24, 2.45) is 17.6 Å². The van der Waals surface area contributed by atoms with Gasteiger partial charge in [-0.2, -0.15) is 0 Å². The first kappa shape index (κ1) is 83.9.